The van der Waals surface area contributed by atoms with Gasteiger partial charge in [0.25, 0.3) is 6.47 Å². The third-order valence-electron chi connectivity index (χ3n) is 2.86. The van der Waals surface area contributed by atoms with E-state index in [0.29, 0.717) is 21.5 Å². The topological polar surface area (TPSA) is 75.6 Å². The molecule has 0 aliphatic carbocycles. The van der Waals surface area contributed by atoms with Gasteiger partial charge in [-0.25, -0.2) is 0 Å². The molecule has 0 radical (unpaired) electrons. The van der Waals surface area contributed by atoms with Crippen molar-refractivity contribution in [2.75, 3.05) is 11.1 Å². The van der Waals surface area contributed by atoms with Crippen molar-refractivity contribution in [1.82, 2.24) is 0 Å². The second kappa shape index (κ2) is 9.90. The van der Waals surface area contributed by atoms with Crippen LogP contribution in [0.3, 0.4) is 0 Å². The summed E-state index contributed by atoms with van der Waals surface area (Å²) in [5.74, 6) is 1.56. The van der Waals surface area contributed by atoms with Gasteiger partial charge in [0, 0.05) is 6.07 Å². The van der Waals surface area contributed by atoms with Crippen molar-refractivity contribution < 1.29 is 19.4 Å². The largest absolute Gasteiger partial charge is 0.489 e. The van der Waals surface area contributed by atoms with Crippen LogP contribution in [-0.4, -0.2) is 34.6 Å². The Morgan fingerprint density at radius 2 is 2.09 bits per heavy atom. The molecular weight excluding hydrogens is 361 g/mol. The highest BCUT2D eigenvalue weighted by molar-refractivity contribution is 8.00. The summed E-state index contributed by atoms with van der Waals surface area (Å²) < 4.78 is 5.60. The van der Waals surface area contributed by atoms with Gasteiger partial charge in [-0.2, -0.15) is 0 Å². The maximum absolute atomic E-state index is 12.1. The number of hydrogen-bond acceptors (Lipinski definition) is 4. The van der Waals surface area contributed by atoms with Crippen LogP contribution in [0.5, 0.6) is 5.75 Å². The lowest BCUT2D eigenvalue weighted by Crippen LogP contribution is -2.23. The molecule has 2 rings (SSSR count). The Bertz CT molecular complexity index is 549. The van der Waals surface area contributed by atoms with Crippen molar-refractivity contribution in [3.05, 3.63) is 22.2 Å². The van der Waals surface area contributed by atoms with Crippen molar-refractivity contribution in [1.29, 1.82) is 0 Å². The van der Waals surface area contributed by atoms with Crippen LogP contribution in [-0.2, 0) is 9.59 Å². The van der Waals surface area contributed by atoms with Crippen molar-refractivity contribution in [3.63, 3.8) is 0 Å². The summed E-state index contributed by atoms with van der Waals surface area (Å²) in [5.41, 5.74) is 0.546. The summed E-state index contributed by atoms with van der Waals surface area (Å²) in [6.07, 6.45) is 2.00. The lowest BCUT2D eigenvalue weighted by Gasteiger charge is -2.16. The van der Waals surface area contributed by atoms with Crippen LogP contribution in [0, 0.1) is 0 Å². The van der Waals surface area contributed by atoms with Gasteiger partial charge in [0.2, 0.25) is 5.91 Å². The lowest BCUT2D eigenvalue weighted by molar-refractivity contribution is -0.123. The maximum Gasteiger partial charge on any atom is 0.290 e. The van der Waals surface area contributed by atoms with Crippen LogP contribution in [0.1, 0.15) is 26.7 Å². The average molecular weight is 380 g/mol. The van der Waals surface area contributed by atoms with Gasteiger partial charge in [-0.05, 0) is 38.5 Å². The molecule has 0 saturated carbocycles. The molecule has 2 N–H and O–H groups in total. The zero-order valence-electron chi connectivity index (χ0n) is 12.8. The minimum Gasteiger partial charge on any atom is -0.489 e. The van der Waals surface area contributed by atoms with Crippen LogP contribution in [0.25, 0.3) is 0 Å². The normalized spacial score (nSPS) is 16.5. The smallest absolute Gasteiger partial charge is 0.290 e. The van der Waals surface area contributed by atoms with Gasteiger partial charge in [-0.1, -0.05) is 23.2 Å². The summed E-state index contributed by atoms with van der Waals surface area (Å²) in [7, 11) is 0. The highest BCUT2D eigenvalue weighted by atomic mass is 35.5. The number of thioether (sulfide) groups is 1. The molecule has 128 valence electrons. The number of ether oxygens (including phenoxy) is 1. The lowest BCUT2D eigenvalue weighted by atomic mass is 10.2. The quantitative estimate of drug-likeness (QED) is 0.761. The number of carbonyl (C=O) groups is 2. The van der Waals surface area contributed by atoms with E-state index in [0.717, 1.165) is 18.6 Å². The molecule has 8 heteroatoms. The zero-order chi connectivity index (χ0) is 17.4. The Hall–Kier alpha value is -1.11. The van der Waals surface area contributed by atoms with Gasteiger partial charge in [-0.3, -0.25) is 9.59 Å². The molecular formula is C15H19Cl2NO4S. The van der Waals surface area contributed by atoms with Gasteiger partial charge in [-0.15, -0.1) is 11.8 Å². The van der Waals surface area contributed by atoms with Gasteiger partial charge in [0.1, 0.15) is 5.75 Å². The van der Waals surface area contributed by atoms with E-state index in [9.17, 15) is 4.79 Å². The molecule has 1 amide bonds. The van der Waals surface area contributed by atoms with Crippen LogP contribution < -0.4 is 10.1 Å². The monoisotopic (exact) mass is 379 g/mol. The molecule has 1 aromatic rings. The fraction of sp³-hybridized carbons (Fsp3) is 0.467. The molecule has 23 heavy (non-hydrogen) atoms. The van der Waals surface area contributed by atoms with Crippen LogP contribution >= 0.6 is 35.0 Å². The summed E-state index contributed by atoms with van der Waals surface area (Å²) in [5, 5.41) is 10.6. The number of amides is 1. The first kappa shape index (κ1) is 19.9. The third kappa shape index (κ3) is 6.49. The minimum absolute atomic E-state index is 0.00242. The minimum atomic E-state index is -0.250. The van der Waals surface area contributed by atoms with Crippen LogP contribution in [0.4, 0.5) is 5.69 Å². The number of nitrogens with one attached hydrogen (secondary N) is 1. The summed E-state index contributed by atoms with van der Waals surface area (Å²) in [6.45, 7) is 3.58. The van der Waals surface area contributed by atoms with Crippen molar-refractivity contribution in [3.8, 4) is 5.75 Å². The number of carboxylic acid groups (broad SMARTS) is 1. The molecule has 0 aromatic heterocycles. The van der Waals surface area contributed by atoms with E-state index in [1.54, 1.807) is 23.9 Å². The van der Waals surface area contributed by atoms with E-state index < -0.39 is 0 Å². The molecule has 1 aliphatic rings. The van der Waals surface area contributed by atoms with Crippen LogP contribution in [0.2, 0.25) is 10.0 Å². The molecule has 0 spiro atoms. The molecule has 1 aromatic carbocycles. The average Bonchev–Trinajstić information content (AvgIpc) is 2.98. The Morgan fingerprint density at radius 1 is 1.43 bits per heavy atom. The zero-order valence-corrected chi connectivity index (χ0v) is 15.2. The molecule has 0 bridgehead atoms. The summed E-state index contributed by atoms with van der Waals surface area (Å²) in [4.78, 5) is 20.5. The van der Waals surface area contributed by atoms with Gasteiger partial charge in [0.05, 0.1) is 27.1 Å². The van der Waals surface area contributed by atoms with Crippen molar-refractivity contribution >= 4 is 53.0 Å². The van der Waals surface area contributed by atoms with Gasteiger partial charge < -0.3 is 15.2 Å². The van der Waals surface area contributed by atoms with E-state index in [1.165, 1.54) is 0 Å². The maximum atomic E-state index is 12.1. The number of halogens is 2. The van der Waals surface area contributed by atoms with Crippen molar-refractivity contribution in [2.45, 2.75) is 38.0 Å². The number of benzene rings is 1. The van der Waals surface area contributed by atoms with E-state index in [1.807, 2.05) is 13.8 Å². The predicted molar refractivity (Wildman–Crippen MR) is 95.0 cm³/mol. The molecule has 1 aliphatic heterocycles. The molecule has 1 saturated heterocycles. The predicted octanol–water partition coefficient (Wildman–Crippen LogP) is 4.32. The summed E-state index contributed by atoms with van der Waals surface area (Å²) >= 11 is 13.9. The Labute approximate surface area is 149 Å². The first-order chi connectivity index (χ1) is 10.9. The Kier molecular flexibility index (Phi) is 8.58. The highest BCUT2D eigenvalue weighted by Crippen LogP contribution is 2.36. The first-order valence-corrected chi connectivity index (χ1v) is 8.85. The number of carbonyl (C=O) groups excluding carboxylic acids is 1. The molecule has 1 atom stereocenters. The fourth-order valence-electron chi connectivity index (χ4n) is 1.97. The fourth-order valence-corrected chi connectivity index (χ4v) is 3.60. The molecule has 1 fully saturated rings. The van der Waals surface area contributed by atoms with Gasteiger partial charge >= 0.3 is 0 Å². The van der Waals surface area contributed by atoms with E-state index >= 15 is 0 Å². The Balaban J connectivity index is 0.000000816. The molecule has 1 heterocycles. The third-order valence-corrected chi connectivity index (χ3v) is 4.85. The van der Waals surface area contributed by atoms with Crippen LogP contribution in [0.15, 0.2) is 12.1 Å². The standard InChI is InChI=1S/C14H17Cl2NO2S.CH2O2/c1-8(2)19-12-7-11(9(15)6-10(12)16)17-14(18)13-4-3-5-20-13;2-1-3/h6-8,13H,3-5H2,1-2H3,(H,17,18);1H,(H,2,3). The second-order valence-electron chi connectivity index (χ2n) is 5.03. The van der Waals surface area contributed by atoms with E-state index in [2.05, 4.69) is 5.32 Å². The molecule has 5 nitrogen and oxygen atoms in total. The number of hydrogen-bond donors (Lipinski definition) is 2. The van der Waals surface area contributed by atoms with Gasteiger partial charge in [0.15, 0.2) is 0 Å². The molecule has 1 unspecified atom stereocenters. The Morgan fingerprint density at radius 3 is 2.61 bits per heavy atom. The first-order valence-electron chi connectivity index (χ1n) is 7.05. The van der Waals surface area contributed by atoms with E-state index in [4.69, 9.17) is 37.8 Å². The number of anilines is 1. The summed E-state index contributed by atoms with van der Waals surface area (Å²) in [6, 6.07) is 3.28. The number of rotatable bonds is 4. The SMILES string of the molecule is CC(C)Oc1cc(NC(=O)C2CCCS2)c(Cl)cc1Cl.O=CO. The van der Waals surface area contributed by atoms with E-state index in [-0.39, 0.29) is 23.7 Å². The van der Waals surface area contributed by atoms with Crippen molar-refractivity contribution in [2.24, 2.45) is 0 Å². The highest BCUT2D eigenvalue weighted by Gasteiger charge is 2.24. The second-order valence-corrected chi connectivity index (χ2v) is 7.15.